The van der Waals surface area contributed by atoms with E-state index in [0.29, 0.717) is 18.2 Å². The Morgan fingerprint density at radius 3 is 2.57 bits per heavy atom. The van der Waals surface area contributed by atoms with Crippen molar-refractivity contribution in [1.29, 1.82) is 0 Å². The van der Waals surface area contributed by atoms with Crippen molar-refractivity contribution in [3.8, 4) is 0 Å². The lowest BCUT2D eigenvalue weighted by atomic mass is 10.1. The van der Waals surface area contributed by atoms with Gasteiger partial charge < -0.3 is 10.2 Å². The van der Waals surface area contributed by atoms with Gasteiger partial charge in [-0.2, -0.15) is 0 Å². The number of rotatable bonds is 4. The molecule has 1 aromatic carbocycles. The van der Waals surface area contributed by atoms with E-state index in [9.17, 15) is 4.79 Å². The Bertz CT molecular complexity index is 652. The number of carbonyl (C=O) groups is 1. The van der Waals surface area contributed by atoms with Gasteiger partial charge in [-0.05, 0) is 31.0 Å². The number of benzene rings is 1. The molecule has 0 bridgehead atoms. The Balaban J connectivity index is 2.12. The lowest BCUT2D eigenvalue weighted by Gasteiger charge is -2.12. The normalized spacial score (nSPS) is 10.3. The summed E-state index contributed by atoms with van der Waals surface area (Å²) in [6.45, 7) is 4.37. The highest BCUT2D eigenvalue weighted by Gasteiger charge is 2.11. The van der Waals surface area contributed by atoms with Gasteiger partial charge in [-0.15, -0.1) is 0 Å². The van der Waals surface area contributed by atoms with Gasteiger partial charge in [0, 0.05) is 26.3 Å². The molecule has 0 aliphatic carbocycles. The van der Waals surface area contributed by atoms with Crippen LogP contribution in [0.15, 0.2) is 30.3 Å². The Kier molecular flexibility index (Phi) is 4.52. The highest BCUT2D eigenvalue weighted by atomic mass is 16.1. The van der Waals surface area contributed by atoms with Crippen LogP contribution in [0.2, 0.25) is 0 Å². The number of hydrogen-bond donors (Lipinski definition) is 1. The van der Waals surface area contributed by atoms with Gasteiger partial charge in [0.1, 0.15) is 5.69 Å². The summed E-state index contributed by atoms with van der Waals surface area (Å²) in [6.07, 6.45) is 0. The summed E-state index contributed by atoms with van der Waals surface area (Å²) in [5.41, 5.74) is 3.42. The van der Waals surface area contributed by atoms with E-state index < -0.39 is 0 Å². The molecule has 0 aliphatic heterocycles. The second-order valence-electron chi connectivity index (χ2n) is 5.20. The average molecular weight is 284 g/mol. The third kappa shape index (κ3) is 3.78. The number of carbonyl (C=O) groups excluding carboxylic acids is 1. The number of nitrogens with zero attached hydrogens (tertiary/aromatic N) is 3. The molecule has 1 aromatic heterocycles. The van der Waals surface area contributed by atoms with Crippen molar-refractivity contribution in [3.05, 3.63) is 52.8 Å². The zero-order chi connectivity index (χ0) is 15.4. The minimum atomic E-state index is -0.188. The fourth-order valence-corrected chi connectivity index (χ4v) is 1.94. The molecule has 0 aliphatic rings. The summed E-state index contributed by atoms with van der Waals surface area (Å²) in [6, 6.07) is 9.68. The van der Waals surface area contributed by atoms with Crippen molar-refractivity contribution < 1.29 is 4.79 Å². The summed E-state index contributed by atoms with van der Waals surface area (Å²) in [5, 5.41) is 2.90. The number of aryl methyl sites for hydroxylation is 2. The molecule has 5 heteroatoms. The molecule has 0 saturated heterocycles. The number of nitrogens with one attached hydrogen (secondary N) is 1. The molecule has 0 spiro atoms. The van der Waals surface area contributed by atoms with Crippen molar-refractivity contribution in [1.82, 2.24) is 15.3 Å². The van der Waals surface area contributed by atoms with Crippen molar-refractivity contribution in [3.63, 3.8) is 0 Å². The molecule has 1 amide bonds. The standard InChI is InChI=1S/C16H20N4O/c1-11-7-5-6-8-13(11)10-17-15(21)14-9-12(2)18-16(19-14)20(3)4/h5-9H,10H2,1-4H3,(H,17,21). The minimum Gasteiger partial charge on any atom is -0.347 e. The molecule has 0 atom stereocenters. The van der Waals surface area contributed by atoms with Crippen LogP contribution >= 0.6 is 0 Å². The first kappa shape index (κ1) is 15.0. The van der Waals surface area contributed by atoms with Gasteiger partial charge in [0.05, 0.1) is 0 Å². The van der Waals surface area contributed by atoms with Crippen molar-refractivity contribution in [2.75, 3.05) is 19.0 Å². The van der Waals surface area contributed by atoms with E-state index in [0.717, 1.165) is 16.8 Å². The largest absolute Gasteiger partial charge is 0.347 e. The highest BCUT2D eigenvalue weighted by molar-refractivity contribution is 5.92. The van der Waals surface area contributed by atoms with Crippen LogP contribution in [0.5, 0.6) is 0 Å². The molecule has 0 fully saturated rings. The summed E-state index contributed by atoms with van der Waals surface area (Å²) in [5.74, 6) is 0.350. The summed E-state index contributed by atoms with van der Waals surface area (Å²) in [7, 11) is 3.70. The van der Waals surface area contributed by atoms with Crippen molar-refractivity contribution >= 4 is 11.9 Å². The highest BCUT2D eigenvalue weighted by Crippen LogP contribution is 2.09. The van der Waals surface area contributed by atoms with Crippen molar-refractivity contribution in [2.24, 2.45) is 0 Å². The van der Waals surface area contributed by atoms with E-state index in [1.165, 1.54) is 0 Å². The topological polar surface area (TPSA) is 58.1 Å². The van der Waals surface area contributed by atoms with E-state index in [4.69, 9.17) is 0 Å². The van der Waals surface area contributed by atoms with Crippen LogP contribution in [0, 0.1) is 13.8 Å². The van der Waals surface area contributed by atoms with E-state index in [2.05, 4.69) is 15.3 Å². The van der Waals surface area contributed by atoms with Crippen LogP contribution in [0.3, 0.4) is 0 Å². The average Bonchev–Trinajstić information content (AvgIpc) is 2.45. The second kappa shape index (κ2) is 6.35. The van der Waals surface area contributed by atoms with Crippen LogP contribution in [0.1, 0.15) is 27.3 Å². The summed E-state index contributed by atoms with van der Waals surface area (Å²) < 4.78 is 0. The lowest BCUT2D eigenvalue weighted by Crippen LogP contribution is -2.25. The number of amides is 1. The summed E-state index contributed by atoms with van der Waals surface area (Å²) >= 11 is 0. The van der Waals surface area contributed by atoms with Gasteiger partial charge in [-0.25, -0.2) is 9.97 Å². The quantitative estimate of drug-likeness (QED) is 0.934. The molecule has 0 saturated carbocycles. The predicted octanol–water partition coefficient (Wildman–Crippen LogP) is 2.09. The fraction of sp³-hybridized carbons (Fsp3) is 0.312. The first-order chi connectivity index (χ1) is 9.97. The molecule has 0 unspecified atom stereocenters. The lowest BCUT2D eigenvalue weighted by molar-refractivity contribution is 0.0945. The number of aromatic nitrogens is 2. The Morgan fingerprint density at radius 2 is 1.90 bits per heavy atom. The molecule has 110 valence electrons. The van der Waals surface area contributed by atoms with Crippen LogP contribution in [0.4, 0.5) is 5.95 Å². The molecular formula is C16H20N4O. The molecule has 1 heterocycles. The van der Waals surface area contributed by atoms with Crippen LogP contribution < -0.4 is 10.2 Å². The Labute approximate surface area is 125 Å². The first-order valence-corrected chi connectivity index (χ1v) is 6.83. The molecule has 5 nitrogen and oxygen atoms in total. The molecule has 1 N–H and O–H groups in total. The SMILES string of the molecule is Cc1cc(C(=O)NCc2ccccc2C)nc(N(C)C)n1. The van der Waals surface area contributed by atoms with E-state index in [-0.39, 0.29) is 5.91 Å². The van der Waals surface area contributed by atoms with Crippen molar-refractivity contribution in [2.45, 2.75) is 20.4 Å². The van der Waals surface area contributed by atoms with E-state index in [1.54, 1.807) is 11.0 Å². The van der Waals surface area contributed by atoms with E-state index in [1.807, 2.05) is 52.2 Å². The van der Waals surface area contributed by atoms with Gasteiger partial charge >= 0.3 is 0 Å². The third-order valence-electron chi connectivity index (χ3n) is 3.18. The van der Waals surface area contributed by atoms with Gasteiger partial charge in [0.2, 0.25) is 5.95 Å². The minimum absolute atomic E-state index is 0.188. The maximum Gasteiger partial charge on any atom is 0.270 e. The molecule has 2 aromatic rings. The maximum atomic E-state index is 12.2. The van der Waals surface area contributed by atoms with Gasteiger partial charge in [-0.3, -0.25) is 4.79 Å². The van der Waals surface area contributed by atoms with Gasteiger partial charge in [-0.1, -0.05) is 24.3 Å². The molecule has 2 rings (SSSR count). The monoisotopic (exact) mass is 284 g/mol. The van der Waals surface area contributed by atoms with Gasteiger partial charge in [0.25, 0.3) is 5.91 Å². The zero-order valence-corrected chi connectivity index (χ0v) is 12.8. The molecule has 0 radical (unpaired) electrons. The van der Waals surface area contributed by atoms with E-state index >= 15 is 0 Å². The predicted molar refractivity (Wildman–Crippen MR) is 83.4 cm³/mol. The summed E-state index contributed by atoms with van der Waals surface area (Å²) in [4.78, 5) is 22.6. The van der Waals surface area contributed by atoms with Crippen LogP contribution in [-0.2, 0) is 6.54 Å². The molecule has 21 heavy (non-hydrogen) atoms. The Morgan fingerprint density at radius 1 is 1.19 bits per heavy atom. The van der Waals surface area contributed by atoms with Gasteiger partial charge in [0.15, 0.2) is 0 Å². The molecular weight excluding hydrogens is 264 g/mol. The second-order valence-corrected chi connectivity index (χ2v) is 5.20. The maximum absolute atomic E-state index is 12.2. The number of hydrogen-bond acceptors (Lipinski definition) is 4. The number of anilines is 1. The zero-order valence-electron chi connectivity index (χ0n) is 12.8. The smallest absolute Gasteiger partial charge is 0.270 e. The third-order valence-corrected chi connectivity index (χ3v) is 3.18. The fourth-order valence-electron chi connectivity index (χ4n) is 1.94. The van der Waals surface area contributed by atoms with Crippen LogP contribution in [-0.4, -0.2) is 30.0 Å². The first-order valence-electron chi connectivity index (χ1n) is 6.83. The Hall–Kier alpha value is -2.43. The van der Waals surface area contributed by atoms with Crippen LogP contribution in [0.25, 0.3) is 0 Å².